The fraction of sp³-hybridized carbons (Fsp3) is 0.326. The molecule has 0 N–H and O–H groups in total. The van der Waals surface area contributed by atoms with Gasteiger partial charge in [-0.15, -0.1) is 0 Å². The molecule has 2 aliphatic rings. The number of aryl methyl sites for hydroxylation is 4. The summed E-state index contributed by atoms with van der Waals surface area (Å²) in [7, 11) is 0. The molecule has 0 bridgehead atoms. The topological polar surface area (TPSA) is 93.3 Å². The minimum Gasteiger partial charge on any atom is -0.491 e. The van der Waals surface area contributed by atoms with Crippen molar-refractivity contribution in [2.75, 3.05) is 52.9 Å². The zero-order chi connectivity index (χ0) is 35.9. The quantitative estimate of drug-likeness (QED) is 0.0656. The lowest BCUT2D eigenvalue weighted by molar-refractivity contribution is 0.0876. The number of nitrogens with zero attached hydrogens (tertiary/aromatic N) is 1. The Balaban J connectivity index is 0.934. The zero-order valence-corrected chi connectivity index (χ0v) is 30.2. The molecule has 3 heterocycles. The standard InChI is InChI=1S/C43H45NO8/c1-28-20-32(8-12-38(28)47-18-16-45-24-36-26-49-36)34-10-14-40(30(3)22-34)51-42-6-5-7-43(44-42)52-41-15-11-35(23-31(41)4)33-9-13-39(29(2)21-33)48-19-17-46-25-37-27-50-37/h5-15,20-23,36-37H,16-19,24-27H2,1-4H3. The third-order valence-electron chi connectivity index (χ3n) is 8.88. The van der Waals surface area contributed by atoms with Gasteiger partial charge in [-0.3, -0.25) is 0 Å². The molecule has 7 rings (SSSR count). The van der Waals surface area contributed by atoms with Crippen molar-refractivity contribution in [1.29, 1.82) is 0 Å². The van der Waals surface area contributed by atoms with Crippen molar-refractivity contribution in [2.45, 2.75) is 39.9 Å². The van der Waals surface area contributed by atoms with Crippen LogP contribution in [0.15, 0.2) is 91.0 Å². The molecule has 2 aliphatic heterocycles. The summed E-state index contributed by atoms with van der Waals surface area (Å²) in [5.41, 5.74) is 8.53. The van der Waals surface area contributed by atoms with Crippen LogP contribution >= 0.6 is 0 Å². The average Bonchev–Trinajstić information content (AvgIpc) is 4.08. The van der Waals surface area contributed by atoms with Crippen LogP contribution in [0.1, 0.15) is 22.3 Å². The van der Waals surface area contributed by atoms with Gasteiger partial charge >= 0.3 is 0 Å². The van der Waals surface area contributed by atoms with E-state index in [1.54, 1.807) is 0 Å². The van der Waals surface area contributed by atoms with Gasteiger partial charge in [0.2, 0.25) is 11.8 Å². The number of ether oxygens (including phenoxy) is 8. The van der Waals surface area contributed by atoms with E-state index >= 15 is 0 Å². The molecule has 5 aromatic rings. The van der Waals surface area contributed by atoms with Gasteiger partial charge in [-0.25, -0.2) is 0 Å². The largest absolute Gasteiger partial charge is 0.491 e. The molecule has 0 amide bonds. The second kappa shape index (κ2) is 16.6. The van der Waals surface area contributed by atoms with Gasteiger partial charge in [-0.1, -0.05) is 30.3 Å². The van der Waals surface area contributed by atoms with Crippen LogP contribution < -0.4 is 18.9 Å². The molecule has 0 radical (unpaired) electrons. The predicted octanol–water partition coefficient (Wildman–Crippen LogP) is 8.82. The van der Waals surface area contributed by atoms with E-state index in [0.717, 1.165) is 80.7 Å². The Kier molecular flexibility index (Phi) is 11.3. The highest BCUT2D eigenvalue weighted by Crippen LogP contribution is 2.34. The Morgan fingerprint density at radius 1 is 0.500 bits per heavy atom. The van der Waals surface area contributed by atoms with Gasteiger partial charge in [-0.05, 0) is 121 Å². The van der Waals surface area contributed by atoms with E-state index in [4.69, 9.17) is 37.9 Å². The number of hydrogen-bond acceptors (Lipinski definition) is 9. The molecule has 2 fully saturated rings. The zero-order valence-electron chi connectivity index (χ0n) is 30.2. The molecule has 2 atom stereocenters. The fourth-order valence-electron chi connectivity index (χ4n) is 5.78. The lowest BCUT2D eigenvalue weighted by atomic mass is 10.0. The summed E-state index contributed by atoms with van der Waals surface area (Å²) >= 11 is 0. The Bertz CT molecular complexity index is 1850. The number of epoxide rings is 2. The monoisotopic (exact) mass is 703 g/mol. The molecule has 4 aromatic carbocycles. The van der Waals surface area contributed by atoms with Crippen LogP contribution in [0.25, 0.3) is 22.3 Å². The van der Waals surface area contributed by atoms with Crippen LogP contribution in [0.2, 0.25) is 0 Å². The van der Waals surface area contributed by atoms with Gasteiger partial charge in [0.05, 0.1) is 39.6 Å². The molecule has 2 saturated heterocycles. The SMILES string of the molecule is Cc1cc(-c2ccc(Oc3cccc(Oc4ccc(-c5ccc(OCCOCC6CO6)c(C)c5)cc4C)n3)c(C)c2)ccc1OCCOCC1CO1. The second-order valence-electron chi connectivity index (χ2n) is 13.2. The molecule has 0 saturated carbocycles. The van der Waals surface area contributed by atoms with Crippen LogP contribution in [0.4, 0.5) is 0 Å². The predicted molar refractivity (Wildman–Crippen MR) is 199 cm³/mol. The van der Waals surface area contributed by atoms with E-state index in [-0.39, 0.29) is 12.2 Å². The maximum absolute atomic E-state index is 6.23. The van der Waals surface area contributed by atoms with Gasteiger partial charge < -0.3 is 37.9 Å². The first-order valence-electron chi connectivity index (χ1n) is 17.8. The van der Waals surface area contributed by atoms with Crippen LogP contribution in [0.5, 0.6) is 34.8 Å². The molecular formula is C43H45NO8. The van der Waals surface area contributed by atoms with Gasteiger partial charge in [0, 0.05) is 12.1 Å². The summed E-state index contributed by atoms with van der Waals surface area (Å²) in [6.07, 6.45) is 0.532. The minimum absolute atomic E-state index is 0.266. The Morgan fingerprint density at radius 3 is 1.21 bits per heavy atom. The number of hydrogen-bond donors (Lipinski definition) is 0. The maximum Gasteiger partial charge on any atom is 0.222 e. The highest BCUT2D eigenvalue weighted by Gasteiger charge is 2.22. The summed E-state index contributed by atoms with van der Waals surface area (Å²) in [6, 6.07) is 30.3. The summed E-state index contributed by atoms with van der Waals surface area (Å²) in [6.45, 7) is 13.1. The van der Waals surface area contributed by atoms with Crippen molar-refractivity contribution < 1.29 is 37.9 Å². The van der Waals surface area contributed by atoms with Crippen LogP contribution in [0.3, 0.4) is 0 Å². The molecule has 1 aromatic heterocycles. The molecule has 9 heteroatoms. The second-order valence-corrected chi connectivity index (χ2v) is 13.2. The highest BCUT2D eigenvalue weighted by molar-refractivity contribution is 5.69. The number of rotatable bonds is 18. The van der Waals surface area contributed by atoms with Crippen molar-refractivity contribution in [1.82, 2.24) is 4.98 Å². The van der Waals surface area contributed by atoms with Crippen molar-refractivity contribution in [3.63, 3.8) is 0 Å². The van der Waals surface area contributed by atoms with E-state index in [9.17, 15) is 0 Å². The van der Waals surface area contributed by atoms with Crippen molar-refractivity contribution in [3.05, 3.63) is 113 Å². The van der Waals surface area contributed by atoms with Crippen molar-refractivity contribution in [3.8, 4) is 57.0 Å². The number of pyridine rings is 1. The summed E-state index contributed by atoms with van der Waals surface area (Å²) in [4.78, 5) is 4.64. The van der Waals surface area contributed by atoms with E-state index < -0.39 is 0 Å². The van der Waals surface area contributed by atoms with E-state index in [1.807, 2.05) is 56.3 Å². The first-order chi connectivity index (χ1) is 25.4. The first-order valence-corrected chi connectivity index (χ1v) is 17.8. The molecule has 270 valence electrons. The molecule has 0 spiro atoms. The molecule has 2 unspecified atom stereocenters. The minimum atomic E-state index is 0.266. The Labute approximate surface area is 305 Å². The third-order valence-corrected chi connectivity index (χ3v) is 8.88. The van der Waals surface area contributed by atoms with E-state index in [1.165, 1.54) is 0 Å². The van der Waals surface area contributed by atoms with Crippen LogP contribution in [0, 0.1) is 27.7 Å². The van der Waals surface area contributed by atoms with Gasteiger partial charge in [0.15, 0.2) is 0 Å². The van der Waals surface area contributed by atoms with E-state index in [2.05, 4.69) is 67.4 Å². The van der Waals surface area contributed by atoms with E-state index in [0.29, 0.717) is 51.4 Å². The molecule has 9 nitrogen and oxygen atoms in total. The fourth-order valence-corrected chi connectivity index (χ4v) is 5.78. The number of benzene rings is 4. The average molecular weight is 704 g/mol. The first kappa shape index (κ1) is 35.5. The van der Waals surface area contributed by atoms with Crippen molar-refractivity contribution in [2.24, 2.45) is 0 Å². The van der Waals surface area contributed by atoms with Gasteiger partial charge in [0.1, 0.15) is 48.4 Å². The lowest BCUT2D eigenvalue weighted by Crippen LogP contribution is -2.10. The third kappa shape index (κ3) is 9.68. The smallest absolute Gasteiger partial charge is 0.222 e. The maximum atomic E-state index is 6.23. The van der Waals surface area contributed by atoms with Gasteiger partial charge in [0.25, 0.3) is 0 Å². The number of aromatic nitrogens is 1. The summed E-state index contributed by atoms with van der Waals surface area (Å²) in [5, 5.41) is 0. The molecule has 52 heavy (non-hydrogen) atoms. The lowest BCUT2D eigenvalue weighted by Gasteiger charge is -2.14. The summed E-state index contributed by atoms with van der Waals surface area (Å²) in [5.74, 6) is 4.08. The highest BCUT2D eigenvalue weighted by atomic mass is 16.6. The Morgan fingerprint density at radius 2 is 0.865 bits per heavy atom. The summed E-state index contributed by atoms with van der Waals surface area (Å²) < 4.78 is 45.8. The molecule has 0 aliphatic carbocycles. The van der Waals surface area contributed by atoms with Crippen LogP contribution in [-0.2, 0) is 18.9 Å². The molecular weight excluding hydrogens is 658 g/mol. The van der Waals surface area contributed by atoms with Crippen molar-refractivity contribution >= 4 is 0 Å². The Hall–Kier alpha value is -4.93. The van der Waals surface area contributed by atoms with Crippen LogP contribution in [-0.4, -0.2) is 70.0 Å². The van der Waals surface area contributed by atoms with Gasteiger partial charge in [-0.2, -0.15) is 4.98 Å². The normalized spacial score (nSPS) is 16.0.